The fraction of sp³-hybridized carbons (Fsp3) is 0.286. The van der Waals surface area contributed by atoms with Crippen LogP contribution in [0.1, 0.15) is 30.9 Å². The van der Waals surface area contributed by atoms with Crippen molar-refractivity contribution in [3.63, 3.8) is 0 Å². The van der Waals surface area contributed by atoms with Crippen molar-refractivity contribution < 1.29 is 13.2 Å². The van der Waals surface area contributed by atoms with Crippen LogP contribution >= 0.6 is 15.9 Å². The summed E-state index contributed by atoms with van der Waals surface area (Å²) in [4.78, 5) is 12.6. The van der Waals surface area contributed by atoms with Crippen molar-refractivity contribution in [2.24, 2.45) is 11.8 Å². The van der Waals surface area contributed by atoms with Gasteiger partial charge in [0.05, 0.1) is 16.7 Å². The Balaban J connectivity index is 1.83. The summed E-state index contributed by atoms with van der Waals surface area (Å²) in [7, 11) is -3.63. The minimum Gasteiger partial charge on any atom is -0.293 e. The quantitative estimate of drug-likeness (QED) is 0.335. The second kappa shape index (κ2) is 7.27. The molecular formula is C21H22BrN3O3S. The van der Waals surface area contributed by atoms with Gasteiger partial charge in [0.25, 0.3) is 0 Å². The van der Waals surface area contributed by atoms with E-state index in [1.807, 2.05) is 30.3 Å². The fourth-order valence-corrected chi connectivity index (χ4v) is 6.40. The second-order valence-electron chi connectivity index (χ2n) is 7.81. The van der Waals surface area contributed by atoms with Gasteiger partial charge in [-0.2, -0.15) is 0 Å². The Morgan fingerprint density at radius 1 is 1.24 bits per heavy atom. The van der Waals surface area contributed by atoms with E-state index < -0.39 is 15.4 Å². The highest BCUT2D eigenvalue weighted by atomic mass is 79.9. The normalized spacial score (nSPS) is 21.7. The maximum absolute atomic E-state index is 13.1. The molecule has 1 saturated carbocycles. The Bertz CT molecular complexity index is 1180. The number of benzene rings is 2. The molecule has 0 atom stereocenters. The molecule has 1 aliphatic carbocycles. The summed E-state index contributed by atoms with van der Waals surface area (Å²) >= 11 is 3.56. The summed E-state index contributed by atoms with van der Waals surface area (Å²) in [5.41, 5.74) is 3.59. The topological polar surface area (TPSA) is 94.2 Å². The molecule has 29 heavy (non-hydrogen) atoms. The predicted octanol–water partition coefficient (Wildman–Crippen LogP) is 3.44. The lowest BCUT2D eigenvalue weighted by atomic mass is 9.58. The van der Waals surface area contributed by atoms with Crippen LogP contribution in [0, 0.1) is 5.92 Å². The minimum absolute atomic E-state index is 0.106. The van der Waals surface area contributed by atoms with Gasteiger partial charge in [0.2, 0.25) is 15.9 Å². The third-order valence-electron chi connectivity index (χ3n) is 5.73. The number of carbonyl (C=O) groups is 1. The lowest BCUT2D eigenvalue weighted by molar-refractivity contribution is -0.131. The SMILES string of the molecule is CC1CC(C(=O)NN)(c2cc(Br)c3ccn(S(=O)(=O)Cc4ccccc4)c3c2)C1. The Kier molecular flexibility index (Phi) is 5.04. The van der Waals surface area contributed by atoms with Gasteiger partial charge in [0.15, 0.2) is 0 Å². The smallest absolute Gasteiger partial charge is 0.244 e. The van der Waals surface area contributed by atoms with E-state index in [0.29, 0.717) is 24.3 Å². The number of hydrogen-bond donors (Lipinski definition) is 2. The number of hydrazine groups is 1. The fourth-order valence-electron chi connectivity index (χ4n) is 4.37. The van der Waals surface area contributed by atoms with E-state index in [1.165, 1.54) is 3.97 Å². The second-order valence-corrected chi connectivity index (χ2v) is 10.5. The highest BCUT2D eigenvalue weighted by molar-refractivity contribution is 9.10. The third-order valence-corrected chi connectivity index (χ3v) is 8.00. The number of amides is 1. The highest BCUT2D eigenvalue weighted by Gasteiger charge is 2.49. The van der Waals surface area contributed by atoms with E-state index >= 15 is 0 Å². The van der Waals surface area contributed by atoms with Crippen LogP contribution in [0.2, 0.25) is 0 Å². The van der Waals surface area contributed by atoms with Crippen LogP contribution in [0.4, 0.5) is 0 Å². The van der Waals surface area contributed by atoms with Crippen molar-refractivity contribution in [1.82, 2.24) is 9.40 Å². The number of halogens is 1. The van der Waals surface area contributed by atoms with Gasteiger partial charge in [0, 0.05) is 16.1 Å². The van der Waals surface area contributed by atoms with E-state index in [9.17, 15) is 13.2 Å². The molecule has 0 unspecified atom stereocenters. The molecule has 0 bridgehead atoms. The van der Waals surface area contributed by atoms with Crippen LogP contribution in [0.3, 0.4) is 0 Å². The van der Waals surface area contributed by atoms with Crippen molar-refractivity contribution in [2.45, 2.75) is 30.9 Å². The standard InChI is InChI=1S/C21H22BrN3O3S/c1-14-11-21(12-14,20(26)24-23)16-9-18(22)17-7-8-25(19(17)10-16)29(27,28)13-15-5-3-2-4-6-15/h2-10,14H,11-13,23H2,1H3,(H,24,26). The van der Waals surface area contributed by atoms with Crippen molar-refractivity contribution in [3.05, 3.63) is 70.3 Å². The zero-order valence-electron chi connectivity index (χ0n) is 15.9. The van der Waals surface area contributed by atoms with Gasteiger partial charge in [-0.3, -0.25) is 10.2 Å². The number of hydrogen-bond acceptors (Lipinski definition) is 4. The van der Waals surface area contributed by atoms with Gasteiger partial charge in [-0.25, -0.2) is 18.2 Å². The molecule has 0 radical (unpaired) electrons. The molecule has 2 aromatic carbocycles. The van der Waals surface area contributed by atoms with Crippen LogP contribution in [0.15, 0.2) is 59.2 Å². The van der Waals surface area contributed by atoms with Gasteiger partial charge in [-0.15, -0.1) is 0 Å². The molecule has 1 aliphatic rings. The molecule has 6 nitrogen and oxygen atoms in total. The number of carbonyl (C=O) groups excluding carboxylic acids is 1. The number of fused-ring (bicyclic) bond motifs is 1. The van der Waals surface area contributed by atoms with Gasteiger partial charge < -0.3 is 0 Å². The zero-order chi connectivity index (χ0) is 20.8. The Labute approximate surface area is 178 Å². The van der Waals surface area contributed by atoms with Gasteiger partial charge in [0.1, 0.15) is 0 Å². The molecule has 1 amide bonds. The van der Waals surface area contributed by atoms with E-state index in [0.717, 1.165) is 21.0 Å². The van der Waals surface area contributed by atoms with Gasteiger partial charge in [-0.05, 0) is 48.1 Å². The van der Waals surface area contributed by atoms with E-state index in [4.69, 9.17) is 5.84 Å². The van der Waals surface area contributed by atoms with Crippen LogP contribution in [0.25, 0.3) is 10.9 Å². The van der Waals surface area contributed by atoms with E-state index in [1.54, 1.807) is 24.4 Å². The van der Waals surface area contributed by atoms with Crippen LogP contribution in [-0.2, 0) is 26.0 Å². The molecule has 1 fully saturated rings. The van der Waals surface area contributed by atoms with E-state index in [2.05, 4.69) is 28.3 Å². The average molecular weight is 476 g/mol. The monoisotopic (exact) mass is 475 g/mol. The molecule has 0 spiro atoms. The van der Waals surface area contributed by atoms with Gasteiger partial charge in [-0.1, -0.05) is 53.2 Å². The molecular weight excluding hydrogens is 454 g/mol. The number of nitrogens with zero attached hydrogens (tertiary/aromatic N) is 1. The Morgan fingerprint density at radius 3 is 2.55 bits per heavy atom. The van der Waals surface area contributed by atoms with Crippen molar-refractivity contribution in [1.29, 1.82) is 0 Å². The summed E-state index contributed by atoms with van der Waals surface area (Å²) in [6, 6.07) is 14.6. The first-order chi connectivity index (χ1) is 13.8. The number of rotatable bonds is 5. The predicted molar refractivity (Wildman–Crippen MR) is 117 cm³/mol. The summed E-state index contributed by atoms with van der Waals surface area (Å²) in [6.45, 7) is 2.09. The summed E-state index contributed by atoms with van der Waals surface area (Å²) in [6.07, 6.45) is 2.91. The maximum atomic E-state index is 13.1. The first-order valence-corrected chi connectivity index (χ1v) is 11.8. The van der Waals surface area contributed by atoms with Crippen molar-refractivity contribution in [2.75, 3.05) is 0 Å². The van der Waals surface area contributed by atoms with E-state index in [-0.39, 0.29) is 11.7 Å². The molecule has 3 aromatic rings. The van der Waals surface area contributed by atoms with Crippen LogP contribution < -0.4 is 11.3 Å². The van der Waals surface area contributed by atoms with Crippen LogP contribution in [-0.4, -0.2) is 18.3 Å². The molecule has 4 rings (SSSR count). The Hall–Kier alpha value is -2.16. The van der Waals surface area contributed by atoms with Crippen LogP contribution in [0.5, 0.6) is 0 Å². The lowest BCUT2D eigenvalue weighted by Crippen LogP contribution is -2.54. The maximum Gasteiger partial charge on any atom is 0.244 e. The zero-order valence-corrected chi connectivity index (χ0v) is 18.3. The molecule has 152 valence electrons. The average Bonchev–Trinajstić information content (AvgIpc) is 3.10. The molecule has 1 heterocycles. The number of nitrogens with one attached hydrogen (secondary N) is 1. The highest BCUT2D eigenvalue weighted by Crippen LogP contribution is 2.49. The van der Waals surface area contributed by atoms with Crippen molar-refractivity contribution in [3.8, 4) is 0 Å². The third kappa shape index (κ3) is 3.39. The number of aromatic nitrogens is 1. The summed E-state index contributed by atoms with van der Waals surface area (Å²) in [5, 5.41) is 0.779. The molecule has 3 N–H and O–H groups in total. The molecule has 8 heteroatoms. The van der Waals surface area contributed by atoms with Crippen molar-refractivity contribution >= 4 is 42.8 Å². The first kappa shape index (κ1) is 20.1. The Morgan fingerprint density at radius 2 is 1.93 bits per heavy atom. The minimum atomic E-state index is -3.63. The summed E-state index contributed by atoms with van der Waals surface area (Å²) < 4.78 is 28.3. The lowest BCUT2D eigenvalue weighted by Gasteiger charge is -2.45. The largest absolute Gasteiger partial charge is 0.293 e. The first-order valence-electron chi connectivity index (χ1n) is 9.36. The molecule has 0 aliphatic heterocycles. The molecule has 0 saturated heterocycles. The number of nitrogens with two attached hydrogens (primary N) is 1. The van der Waals surface area contributed by atoms with Gasteiger partial charge >= 0.3 is 0 Å². The molecule has 1 aromatic heterocycles. The summed E-state index contributed by atoms with van der Waals surface area (Å²) in [5.74, 6) is 5.50.